The molecular formula is C17H17N3. The van der Waals surface area contributed by atoms with Crippen LogP contribution in [0.15, 0.2) is 54.9 Å². The fourth-order valence-electron chi connectivity index (χ4n) is 3.02. The zero-order valence-corrected chi connectivity index (χ0v) is 11.7. The molecule has 0 aliphatic carbocycles. The quantitative estimate of drug-likeness (QED) is 0.665. The lowest BCUT2D eigenvalue weighted by atomic mass is 10.1. The molecule has 20 heavy (non-hydrogen) atoms. The monoisotopic (exact) mass is 263 g/mol. The maximum Gasteiger partial charge on any atom is 0.0938 e. The van der Waals surface area contributed by atoms with Crippen LogP contribution in [0, 0.1) is 0 Å². The maximum atomic E-state index is 2.28. The van der Waals surface area contributed by atoms with Gasteiger partial charge in [-0.3, -0.25) is 0 Å². The van der Waals surface area contributed by atoms with Crippen molar-refractivity contribution < 1.29 is 0 Å². The summed E-state index contributed by atoms with van der Waals surface area (Å²) in [7, 11) is 4.23. The van der Waals surface area contributed by atoms with Crippen LogP contribution in [0.3, 0.4) is 0 Å². The van der Waals surface area contributed by atoms with Crippen LogP contribution < -0.4 is 4.90 Å². The lowest BCUT2D eigenvalue weighted by Gasteiger charge is -2.18. The lowest BCUT2D eigenvalue weighted by molar-refractivity contribution is 0.496. The van der Waals surface area contributed by atoms with Gasteiger partial charge in [0.25, 0.3) is 0 Å². The minimum absolute atomic E-state index is 0.912. The van der Waals surface area contributed by atoms with Crippen LogP contribution >= 0.6 is 0 Å². The number of aryl methyl sites for hydroxylation is 1. The summed E-state index contributed by atoms with van der Waals surface area (Å²) in [5, 5.41) is 2.65. The Kier molecular flexibility index (Phi) is 2.30. The van der Waals surface area contributed by atoms with Crippen LogP contribution in [-0.4, -0.2) is 23.2 Å². The van der Waals surface area contributed by atoms with Crippen molar-refractivity contribution in [2.75, 3.05) is 18.6 Å². The molecule has 0 amide bonds. The molecule has 0 bridgehead atoms. The highest BCUT2D eigenvalue weighted by atomic mass is 15.3. The topological polar surface area (TPSA) is 11.4 Å². The van der Waals surface area contributed by atoms with Gasteiger partial charge in [-0.25, -0.2) is 0 Å². The van der Waals surface area contributed by atoms with Gasteiger partial charge < -0.3 is 14.4 Å². The molecule has 4 rings (SSSR count). The molecule has 0 unspecified atom stereocenters. The summed E-state index contributed by atoms with van der Waals surface area (Å²) in [5.41, 5.74) is 3.81. The molecule has 1 aliphatic rings. The highest BCUT2D eigenvalue weighted by Crippen LogP contribution is 2.31. The van der Waals surface area contributed by atoms with E-state index in [4.69, 9.17) is 0 Å². The second kappa shape index (κ2) is 4.04. The minimum atomic E-state index is 0.912. The zero-order valence-electron chi connectivity index (χ0n) is 11.7. The largest absolute Gasteiger partial charge is 0.361 e. The number of benzene rings is 2. The molecule has 2 heterocycles. The molecule has 3 aromatic rings. The Morgan fingerprint density at radius 2 is 1.65 bits per heavy atom. The highest BCUT2D eigenvalue weighted by molar-refractivity contribution is 6.08. The first-order valence-electron chi connectivity index (χ1n) is 6.86. The van der Waals surface area contributed by atoms with Crippen LogP contribution in [0.5, 0.6) is 0 Å². The van der Waals surface area contributed by atoms with Gasteiger partial charge in [0, 0.05) is 48.5 Å². The summed E-state index contributed by atoms with van der Waals surface area (Å²) in [5.74, 6) is 0. The van der Waals surface area contributed by atoms with Crippen molar-refractivity contribution in [1.29, 1.82) is 0 Å². The summed E-state index contributed by atoms with van der Waals surface area (Å²) in [6.45, 7) is 0.912. The molecule has 0 fully saturated rings. The number of para-hydroxylation sites is 1. The van der Waals surface area contributed by atoms with Crippen LogP contribution in [0.2, 0.25) is 0 Å². The van der Waals surface area contributed by atoms with Gasteiger partial charge in [0.1, 0.15) is 0 Å². The Hall–Kier alpha value is -2.42. The normalized spacial score (nSPS) is 14.9. The van der Waals surface area contributed by atoms with E-state index >= 15 is 0 Å². The van der Waals surface area contributed by atoms with Crippen LogP contribution in [-0.2, 0) is 7.05 Å². The Morgan fingerprint density at radius 3 is 2.45 bits per heavy atom. The van der Waals surface area contributed by atoms with Crippen molar-refractivity contribution in [2.24, 2.45) is 7.05 Å². The fraction of sp³-hybridized carbons (Fsp3) is 0.176. The molecule has 0 radical (unpaired) electrons. The molecule has 3 nitrogen and oxygen atoms in total. The summed E-state index contributed by atoms with van der Waals surface area (Å²) in [6, 6.07) is 15.3. The van der Waals surface area contributed by atoms with Crippen molar-refractivity contribution in [1.82, 2.24) is 9.47 Å². The summed E-state index contributed by atoms with van der Waals surface area (Å²) >= 11 is 0. The second-order valence-electron chi connectivity index (χ2n) is 5.44. The summed E-state index contributed by atoms with van der Waals surface area (Å²) in [4.78, 5) is 4.43. The number of aromatic nitrogens is 1. The summed E-state index contributed by atoms with van der Waals surface area (Å²) < 4.78 is 2.28. The SMILES string of the molecule is CN1C=CN(c2ccc3c4ccccc4n(C)c3c2)C1. The Morgan fingerprint density at radius 1 is 0.850 bits per heavy atom. The maximum absolute atomic E-state index is 2.28. The van der Waals surface area contributed by atoms with Crippen molar-refractivity contribution in [3.05, 3.63) is 54.9 Å². The molecule has 1 aliphatic heterocycles. The number of fused-ring (bicyclic) bond motifs is 3. The molecule has 1 aromatic heterocycles. The van der Waals surface area contributed by atoms with E-state index in [1.807, 2.05) is 0 Å². The molecule has 0 saturated heterocycles. The third kappa shape index (κ3) is 1.53. The highest BCUT2D eigenvalue weighted by Gasteiger charge is 2.13. The third-order valence-electron chi connectivity index (χ3n) is 4.11. The van der Waals surface area contributed by atoms with Crippen LogP contribution in [0.25, 0.3) is 21.8 Å². The fourth-order valence-corrected chi connectivity index (χ4v) is 3.02. The van der Waals surface area contributed by atoms with E-state index in [0.29, 0.717) is 0 Å². The minimum Gasteiger partial charge on any atom is -0.361 e. The predicted octanol–water partition coefficient (Wildman–Crippen LogP) is 3.51. The van der Waals surface area contributed by atoms with E-state index < -0.39 is 0 Å². The average molecular weight is 263 g/mol. The Balaban J connectivity index is 1.93. The third-order valence-corrected chi connectivity index (χ3v) is 4.11. The predicted molar refractivity (Wildman–Crippen MR) is 84.7 cm³/mol. The van der Waals surface area contributed by atoms with Crippen molar-refractivity contribution in [2.45, 2.75) is 0 Å². The lowest BCUT2D eigenvalue weighted by Crippen LogP contribution is -2.21. The van der Waals surface area contributed by atoms with Crippen LogP contribution in [0.4, 0.5) is 5.69 Å². The molecule has 3 heteroatoms. The Labute approximate surface area is 118 Å². The molecule has 0 atom stereocenters. The van der Waals surface area contributed by atoms with E-state index in [-0.39, 0.29) is 0 Å². The Bertz CT molecular complexity index is 829. The zero-order chi connectivity index (χ0) is 13.7. The molecular weight excluding hydrogens is 246 g/mol. The van der Waals surface area contributed by atoms with Gasteiger partial charge >= 0.3 is 0 Å². The van der Waals surface area contributed by atoms with Gasteiger partial charge in [-0.1, -0.05) is 24.3 Å². The molecule has 2 aromatic carbocycles. The first-order chi connectivity index (χ1) is 9.74. The van der Waals surface area contributed by atoms with Crippen molar-refractivity contribution in [3.8, 4) is 0 Å². The van der Waals surface area contributed by atoms with Gasteiger partial charge in [0.05, 0.1) is 12.2 Å². The molecule has 0 spiro atoms. The van der Waals surface area contributed by atoms with Gasteiger partial charge in [-0.15, -0.1) is 0 Å². The van der Waals surface area contributed by atoms with E-state index in [9.17, 15) is 0 Å². The number of rotatable bonds is 1. The first-order valence-corrected chi connectivity index (χ1v) is 6.86. The first kappa shape index (κ1) is 11.4. The molecule has 100 valence electrons. The van der Waals surface area contributed by atoms with Crippen molar-refractivity contribution in [3.63, 3.8) is 0 Å². The standard InChI is InChI=1S/C17H17N3/c1-18-9-10-20(12-18)13-7-8-15-14-5-3-4-6-16(14)19(2)17(15)11-13/h3-11H,12H2,1-2H3. The van der Waals surface area contributed by atoms with Gasteiger partial charge in [0.15, 0.2) is 0 Å². The smallest absolute Gasteiger partial charge is 0.0938 e. The summed E-state index contributed by atoms with van der Waals surface area (Å²) in [6.07, 6.45) is 4.23. The van der Waals surface area contributed by atoms with Gasteiger partial charge in [0.2, 0.25) is 0 Å². The van der Waals surface area contributed by atoms with E-state index in [2.05, 4.69) is 83.3 Å². The number of hydrogen-bond donors (Lipinski definition) is 0. The van der Waals surface area contributed by atoms with E-state index in [0.717, 1.165) is 6.67 Å². The van der Waals surface area contributed by atoms with Gasteiger partial charge in [-0.2, -0.15) is 0 Å². The number of nitrogens with zero attached hydrogens (tertiary/aromatic N) is 3. The van der Waals surface area contributed by atoms with Gasteiger partial charge in [-0.05, 0) is 18.2 Å². The van der Waals surface area contributed by atoms with E-state index in [1.54, 1.807) is 0 Å². The van der Waals surface area contributed by atoms with E-state index in [1.165, 1.54) is 27.5 Å². The number of anilines is 1. The van der Waals surface area contributed by atoms with Crippen LogP contribution in [0.1, 0.15) is 0 Å². The molecule has 0 N–H and O–H groups in total. The number of hydrogen-bond acceptors (Lipinski definition) is 2. The average Bonchev–Trinajstić information content (AvgIpc) is 3.03. The van der Waals surface area contributed by atoms with Crippen molar-refractivity contribution >= 4 is 27.5 Å². The second-order valence-corrected chi connectivity index (χ2v) is 5.44. The molecule has 0 saturated carbocycles.